The second-order valence-electron chi connectivity index (χ2n) is 7.60. The van der Waals surface area contributed by atoms with E-state index in [1.165, 1.54) is 6.08 Å². The lowest BCUT2D eigenvalue weighted by molar-refractivity contribution is -0.129. The third-order valence-corrected chi connectivity index (χ3v) is 3.61. The fourth-order valence-electron chi connectivity index (χ4n) is 1.67. The summed E-state index contributed by atoms with van der Waals surface area (Å²) >= 11 is 12.3. The largest absolute Gasteiger partial charge is 0.346 e. The normalized spacial score (nSPS) is 12.8. The van der Waals surface area contributed by atoms with Gasteiger partial charge >= 0.3 is 0 Å². The van der Waals surface area contributed by atoms with Crippen LogP contribution in [-0.4, -0.2) is 17.4 Å². The van der Waals surface area contributed by atoms with Gasteiger partial charge in [-0.15, -0.1) is 0 Å². The van der Waals surface area contributed by atoms with Crippen molar-refractivity contribution in [2.75, 3.05) is 0 Å². The Morgan fingerprint density at radius 1 is 1.00 bits per heavy atom. The monoisotopic (exact) mass is 370 g/mol. The van der Waals surface area contributed by atoms with E-state index in [-0.39, 0.29) is 11.6 Å². The van der Waals surface area contributed by atoms with Gasteiger partial charge in [-0.2, -0.15) is 0 Å². The fraction of sp³-hybridized carbons (Fsp3) is 0.444. The van der Waals surface area contributed by atoms with Crippen molar-refractivity contribution in [3.63, 3.8) is 0 Å². The van der Waals surface area contributed by atoms with Gasteiger partial charge in [-0.25, -0.2) is 0 Å². The maximum Gasteiger partial charge on any atom is 0.268 e. The number of nitrogens with one attached hydrogen (secondary N) is 2. The third-order valence-electron chi connectivity index (χ3n) is 2.95. The van der Waals surface area contributed by atoms with Crippen molar-refractivity contribution in [1.82, 2.24) is 10.6 Å². The van der Waals surface area contributed by atoms with Gasteiger partial charge in [0.25, 0.3) is 5.91 Å². The highest BCUT2D eigenvalue weighted by Crippen LogP contribution is 2.26. The molecule has 6 heteroatoms. The summed E-state index contributed by atoms with van der Waals surface area (Å²) in [5.41, 5.74) is -0.521. The molecule has 0 aliphatic rings. The molecule has 0 spiro atoms. The van der Waals surface area contributed by atoms with E-state index >= 15 is 0 Å². The molecule has 1 rings (SSSR count). The summed E-state index contributed by atoms with van der Waals surface area (Å²) in [6, 6.07) is 5.05. The van der Waals surface area contributed by atoms with Gasteiger partial charge in [-0.05, 0) is 39.0 Å². The Bertz CT molecular complexity index is 648. The number of carbonyl (C=O) groups is 2. The number of hydrogen-bond donors (Lipinski definition) is 2. The molecule has 0 saturated heterocycles. The number of halogens is 2. The first-order chi connectivity index (χ1) is 10.8. The number of hydrogen-bond acceptors (Lipinski definition) is 2. The Hall–Kier alpha value is -1.52. The van der Waals surface area contributed by atoms with Crippen molar-refractivity contribution in [2.45, 2.75) is 47.1 Å². The second kappa shape index (κ2) is 7.58. The molecule has 24 heavy (non-hydrogen) atoms. The van der Waals surface area contributed by atoms with Crippen LogP contribution in [0.25, 0.3) is 6.08 Å². The van der Waals surface area contributed by atoms with Crippen LogP contribution in [0.3, 0.4) is 0 Å². The molecule has 0 aliphatic carbocycles. The second-order valence-corrected chi connectivity index (χ2v) is 8.42. The Kier molecular flexibility index (Phi) is 6.48. The first-order valence-electron chi connectivity index (χ1n) is 7.61. The first-order valence-corrected chi connectivity index (χ1v) is 8.36. The van der Waals surface area contributed by atoms with E-state index in [9.17, 15) is 9.59 Å². The molecule has 0 heterocycles. The van der Waals surface area contributed by atoms with Crippen molar-refractivity contribution in [3.05, 3.63) is 39.5 Å². The highest BCUT2D eigenvalue weighted by atomic mass is 35.5. The van der Waals surface area contributed by atoms with Crippen LogP contribution < -0.4 is 10.6 Å². The van der Waals surface area contributed by atoms with Crippen LogP contribution in [-0.2, 0) is 9.59 Å². The Morgan fingerprint density at radius 2 is 1.50 bits per heavy atom. The summed E-state index contributed by atoms with van der Waals surface area (Å²) in [6.45, 7) is 10.9. The van der Waals surface area contributed by atoms with Gasteiger partial charge in [0.1, 0.15) is 5.70 Å². The van der Waals surface area contributed by atoms with Gasteiger partial charge < -0.3 is 10.6 Å². The summed E-state index contributed by atoms with van der Waals surface area (Å²) in [5.74, 6) is -0.683. The van der Waals surface area contributed by atoms with Crippen molar-refractivity contribution in [3.8, 4) is 0 Å². The first kappa shape index (κ1) is 20.5. The smallest absolute Gasteiger partial charge is 0.268 e. The van der Waals surface area contributed by atoms with E-state index < -0.39 is 16.9 Å². The lowest BCUT2D eigenvalue weighted by atomic mass is 9.95. The van der Waals surface area contributed by atoms with E-state index in [2.05, 4.69) is 10.6 Å². The molecular formula is C18H24Cl2N2O2. The summed E-state index contributed by atoms with van der Waals surface area (Å²) in [4.78, 5) is 24.9. The molecule has 4 nitrogen and oxygen atoms in total. The Morgan fingerprint density at radius 3 is 1.92 bits per heavy atom. The molecule has 0 bridgehead atoms. The zero-order chi connectivity index (χ0) is 18.7. The van der Waals surface area contributed by atoms with E-state index in [1.54, 1.807) is 39.0 Å². The molecule has 0 aromatic heterocycles. The lowest BCUT2D eigenvalue weighted by Gasteiger charge is -2.24. The predicted molar refractivity (Wildman–Crippen MR) is 99.9 cm³/mol. The minimum Gasteiger partial charge on any atom is -0.346 e. The van der Waals surface area contributed by atoms with Gasteiger partial charge in [-0.3, -0.25) is 9.59 Å². The molecule has 132 valence electrons. The van der Waals surface area contributed by atoms with Crippen LogP contribution in [0, 0.1) is 5.41 Å². The van der Waals surface area contributed by atoms with Crippen LogP contribution in [0.2, 0.25) is 10.0 Å². The standard InChI is InChI=1S/C18H24Cl2N2O2/c1-17(2,3)16(24)21-14(15(23)22-18(4,5)6)10-11-12(19)8-7-9-13(11)20/h7-10H,1-6H3,(H,21,24)(H,22,23)/b14-10+. The minimum absolute atomic E-state index is 0.0971. The van der Waals surface area contributed by atoms with Gasteiger partial charge in [0.15, 0.2) is 0 Å². The van der Waals surface area contributed by atoms with Crippen molar-refractivity contribution >= 4 is 41.1 Å². The van der Waals surface area contributed by atoms with E-state index in [1.807, 2.05) is 20.8 Å². The van der Waals surface area contributed by atoms with Crippen LogP contribution in [0.15, 0.2) is 23.9 Å². The van der Waals surface area contributed by atoms with Crippen LogP contribution in [0.1, 0.15) is 47.1 Å². The molecule has 0 radical (unpaired) electrons. The molecule has 1 aromatic rings. The van der Waals surface area contributed by atoms with E-state index in [0.717, 1.165) is 0 Å². The maximum absolute atomic E-state index is 12.6. The van der Waals surface area contributed by atoms with E-state index in [0.29, 0.717) is 15.6 Å². The highest BCUT2D eigenvalue weighted by Gasteiger charge is 2.26. The maximum atomic E-state index is 12.6. The molecular weight excluding hydrogens is 347 g/mol. The van der Waals surface area contributed by atoms with Gasteiger partial charge in [-0.1, -0.05) is 50.0 Å². The number of benzene rings is 1. The molecule has 2 amide bonds. The molecule has 0 unspecified atom stereocenters. The van der Waals surface area contributed by atoms with Crippen molar-refractivity contribution in [2.24, 2.45) is 5.41 Å². The molecule has 0 fully saturated rings. The molecule has 0 atom stereocenters. The summed E-state index contributed by atoms with van der Waals surface area (Å²) in [6.07, 6.45) is 1.50. The fourth-order valence-corrected chi connectivity index (χ4v) is 2.18. The minimum atomic E-state index is -0.647. The quantitative estimate of drug-likeness (QED) is 0.774. The predicted octanol–water partition coefficient (Wildman–Crippen LogP) is 4.41. The number of rotatable bonds is 3. The molecule has 0 saturated carbocycles. The van der Waals surface area contributed by atoms with Crippen LogP contribution >= 0.6 is 23.2 Å². The summed E-state index contributed by atoms with van der Waals surface area (Å²) < 4.78 is 0. The zero-order valence-electron chi connectivity index (χ0n) is 14.9. The Balaban J connectivity index is 3.30. The zero-order valence-corrected chi connectivity index (χ0v) is 16.4. The molecule has 2 N–H and O–H groups in total. The average Bonchev–Trinajstić information content (AvgIpc) is 2.38. The lowest BCUT2D eigenvalue weighted by Crippen LogP contribution is -2.46. The third kappa shape index (κ3) is 6.17. The van der Waals surface area contributed by atoms with Gasteiger partial charge in [0, 0.05) is 26.6 Å². The summed E-state index contributed by atoms with van der Waals surface area (Å²) in [7, 11) is 0. The van der Waals surface area contributed by atoms with Crippen LogP contribution in [0.4, 0.5) is 0 Å². The number of amides is 2. The number of carbonyl (C=O) groups excluding carboxylic acids is 2. The average molecular weight is 371 g/mol. The molecule has 1 aromatic carbocycles. The van der Waals surface area contributed by atoms with Crippen molar-refractivity contribution < 1.29 is 9.59 Å². The SMILES string of the molecule is CC(C)(C)NC(=O)/C(=C\c1c(Cl)cccc1Cl)NC(=O)C(C)(C)C. The van der Waals surface area contributed by atoms with E-state index in [4.69, 9.17) is 23.2 Å². The summed E-state index contributed by atoms with van der Waals surface area (Å²) in [5, 5.41) is 6.30. The van der Waals surface area contributed by atoms with Crippen molar-refractivity contribution in [1.29, 1.82) is 0 Å². The van der Waals surface area contributed by atoms with Gasteiger partial charge in [0.2, 0.25) is 5.91 Å². The van der Waals surface area contributed by atoms with Gasteiger partial charge in [0.05, 0.1) is 0 Å². The topological polar surface area (TPSA) is 58.2 Å². The Labute approximate surface area is 153 Å². The van der Waals surface area contributed by atoms with Crippen LogP contribution in [0.5, 0.6) is 0 Å². The highest BCUT2D eigenvalue weighted by molar-refractivity contribution is 6.37. The molecule has 0 aliphatic heterocycles.